The molecule has 5 nitrogen and oxygen atoms in total. The summed E-state index contributed by atoms with van der Waals surface area (Å²) in [4.78, 5) is 14.6. The average molecular weight is 352 g/mol. The van der Waals surface area contributed by atoms with Gasteiger partial charge in [0.1, 0.15) is 6.61 Å². The zero-order valence-electron chi connectivity index (χ0n) is 12.6. The minimum absolute atomic E-state index is 0.249. The topological polar surface area (TPSA) is 58.2 Å². The molecule has 7 heteroatoms. The second-order valence-electron chi connectivity index (χ2n) is 5.49. The van der Waals surface area contributed by atoms with Crippen LogP contribution in [0, 0.1) is 0 Å². The van der Waals surface area contributed by atoms with E-state index in [0.29, 0.717) is 13.1 Å². The van der Waals surface area contributed by atoms with Crippen molar-refractivity contribution in [2.24, 2.45) is 0 Å². The number of rotatable bonds is 6. The number of ether oxygens (including phenoxy) is 1. The summed E-state index contributed by atoms with van der Waals surface area (Å²) in [6.45, 7) is 5.08. The Labute approximate surface area is 143 Å². The first-order valence-corrected chi connectivity index (χ1v) is 8.66. The van der Waals surface area contributed by atoms with Crippen LogP contribution in [0.3, 0.4) is 0 Å². The van der Waals surface area contributed by atoms with E-state index in [1.54, 1.807) is 22.3 Å². The summed E-state index contributed by atoms with van der Waals surface area (Å²) in [5.74, 6) is 0.285. The van der Waals surface area contributed by atoms with Crippen LogP contribution in [0.5, 0.6) is 0 Å². The Balaban J connectivity index is 1.47. The van der Waals surface area contributed by atoms with Crippen molar-refractivity contribution in [3.63, 3.8) is 0 Å². The van der Waals surface area contributed by atoms with Crippen LogP contribution in [0.4, 0.5) is 4.79 Å². The minimum Gasteiger partial charge on any atom is -0.445 e. The molecule has 0 radical (unpaired) electrons. The molecule has 1 saturated heterocycles. The van der Waals surface area contributed by atoms with Crippen LogP contribution in [0.25, 0.3) is 0 Å². The molecular weight excluding hydrogens is 334 g/mol. The highest BCUT2D eigenvalue weighted by molar-refractivity contribution is 7.16. The fourth-order valence-electron chi connectivity index (χ4n) is 2.50. The maximum Gasteiger partial charge on any atom is 0.410 e. The third-order valence-electron chi connectivity index (χ3n) is 3.80. The predicted molar refractivity (Wildman–Crippen MR) is 91.2 cm³/mol. The highest BCUT2D eigenvalue weighted by Gasteiger charge is 2.34. The number of amides is 1. The molecule has 0 bridgehead atoms. The van der Waals surface area contributed by atoms with E-state index in [1.807, 2.05) is 6.07 Å². The Morgan fingerprint density at radius 1 is 1.52 bits per heavy atom. The maximum absolute atomic E-state index is 11.6. The third-order valence-corrected chi connectivity index (χ3v) is 5.09. The molecule has 1 aliphatic rings. The molecule has 3 heterocycles. The molecule has 1 N–H and O–H groups in total. The number of aromatic amines is 1. The fraction of sp³-hybridized carbons (Fsp3) is 0.375. The number of hydrogen-bond acceptors (Lipinski definition) is 4. The first kappa shape index (κ1) is 16.1. The van der Waals surface area contributed by atoms with Crippen LogP contribution in [0.1, 0.15) is 22.2 Å². The largest absolute Gasteiger partial charge is 0.445 e. The van der Waals surface area contributed by atoms with Gasteiger partial charge in [0.2, 0.25) is 0 Å². The normalized spacial score (nSPS) is 14.6. The molecule has 0 spiro atoms. The van der Waals surface area contributed by atoms with Gasteiger partial charge in [-0.2, -0.15) is 5.10 Å². The lowest BCUT2D eigenvalue weighted by Gasteiger charge is -2.37. The van der Waals surface area contributed by atoms with Gasteiger partial charge in [-0.3, -0.25) is 5.10 Å². The fourth-order valence-corrected chi connectivity index (χ4v) is 3.58. The molecule has 0 saturated carbocycles. The number of hydrogen-bond donors (Lipinski definition) is 1. The highest BCUT2D eigenvalue weighted by Crippen LogP contribution is 2.27. The summed E-state index contributed by atoms with van der Waals surface area (Å²) < 4.78 is 5.83. The quantitative estimate of drug-likeness (QED) is 0.808. The van der Waals surface area contributed by atoms with Crippen molar-refractivity contribution in [3.05, 3.63) is 51.5 Å². The van der Waals surface area contributed by atoms with Crippen molar-refractivity contribution >= 4 is 29.0 Å². The van der Waals surface area contributed by atoms with E-state index in [4.69, 9.17) is 16.3 Å². The summed E-state index contributed by atoms with van der Waals surface area (Å²) in [5, 5.41) is 7.45. The number of thiophene rings is 1. The number of likely N-dealkylation sites (tertiary alicyclic amines) is 1. The van der Waals surface area contributed by atoms with Gasteiger partial charge < -0.3 is 9.64 Å². The van der Waals surface area contributed by atoms with E-state index in [-0.39, 0.29) is 18.6 Å². The molecule has 2 aromatic rings. The number of halogens is 1. The van der Waals surface area contributed by atoms with E-state index in [1.165, 1.54) is 4.88 Å². The van der Waals surface area contributed by atoms with Crippen LogP contribution >= 0.6 is 22.9 Å². The van der Waals surface area contributed by atoms with E-state index in [0.717, 1.165) is 28.6 Å². The molecule has 2 aromatic heterocycles. The van der Waals surface area contributed by atoms with Crippen LogP contribution in [-0.4, -0.2) is 40.9 Å². The summed E-state index contributed by atoms with van der Waals surface area (Å²) in [6, 6.07) is 6.07. The molecule has 0 atom stereocenters. The van der Waals surface area contributed by atoms with Gasteiger partial charge in [-0.15, -0.1) is 11.3 Å². The predicted octanol–water partition coefficient (Wildman–Crippen LogP) is 3.63. The molecule has 0 aromatic carbocycles. The van der Waals surface area contributed by atoms with Crippen LogP contribution in [0.15, 0.2) is 30.9 Å². The lowest BCUT2D eigenvalue weighted by Crippen LogP contribution is -2.48. The molecule has 0 aliphatic carbocycles. The van der Waals surface area contributed by atoms with Gasteiger partial charge in [-0.1, -0.05) is 24.3 Å². The Bertz CT molecular complexity index is 691. The number of aromatic nitrogens is 2. The summed E-state index contributed by atoms with van der Waals surface area (Å²) in [7, 11) is 0. The Morgan fingerprint density at radius 3 is 3.04 bits per heavy atom. The number of H-pyrrole nitrogens is 1. The first-order valence-electron chi connectivity index (χ1n) is 7.46. The molecule has 0 unspecified atom stereocenters. The van der Waals surface area contributed by atoms with Crippen LogP contribution < -0.4 is 0 Å². The molecular formula is C16H18ClN3O2S. The van der Waals surface area contributed by atoms with Gasteiger partial charge >= 0.3 is 6.09 Å². The number of carbonyl (C=O) groups is 1. The van der Waals surface area contributed by atoms with Crippen molar-refractivity contribution in [2.75, 3.05) is 19.7 Å². The third kappa shape index (κ3) is 3.95. The molecule has 1 amide bonds. The van der Waals surface area contributed by atoms with E-state index < -0.39 is 0 Å². The maximum atomic E-state index is 11.6. The summed E-state index contributed by atoms with van der Waals surface area (Å²) in [5.41, 5.74) is 2.12. The van der Waals surface area contributed by atoms with Gasteiger partial charge in [0.15, 0.2) is 0 Å². The summed E-state index contributed by atoms with van der Waals surface area (Å²) >= 11 is 7.55. The van der Waals surface area contributed by atoms with Gasteiger partial charge in [0, 0.05) is 29.6 Å². The summed E-state index contributed by atoms with van der Waals surface area (Å²) in [6.07, 6.45) is 3.13. The van der Waals surface area contributed by atoms with Crippen molar-refractivity contribution < 1.29 is 9.53 Å². The van der Waals surface area contributed by atoms with Crippen LogP contribution in [-0.2, 0) is 17.6 Å². The Kier molecular flexibility index (Phi) is 5.03. The molecule has 1 fully saturated rings. The molecule has 122 valence electrons. The lowest BCUT2D eigenvalue weighted by molar-refractivity contribution is 0.0784. The smallest absolute Gasteiger partial charge is 0.410 e. The van der Waals surface area contributed by atoms with Crippen LogP contribution in [0.2, 0.25) is 4.34 Å². The van der Waals surface area contributed by atoms with Gasteiger partial charge in [-0.25, -0.2) is 4.79 Å². The number of nitrogens with one attached hydrogen (secondary N) is 1. The van der Waals surface area contributed by atoms with Crippen molar-refractivity contribution in [3.8, 4) is 0 Å². The monoisotopic (exact) mass is 351 g/mol. The van der Waals surface area contributed by atoms with E-state index in [9.17, 15) is 4.79 Å². The second-order valence-corrected chi connectivity index (χ2v) is 7.29. The minimum atomic E-state index is -0.286. The molecule has 1 aliphatic heterocycles. The van der Waals surface area contributed by atoms with E-state index >= 15 is 0 Å². The Hall–Kier alpha value is -1.79. The second kappa shape index (κ2) is 7.19. The molecule has 23 heavy (non-hydrogen) atoms. The SMILES string of the molecule is C=CCOC(=O)N1CC(c2cc(CCc3ccc(Cl)s3)[nH]n2)C1. The number of nitrogens with zero attached hydrogens (tertiary/aromatic N) is 2. The standard InChI is InChI=1S/C16H18ClN3O2S/c1-2-7-22-16(21)20-9-11(10-20)14-8-12(18-19-14)3-4-13-5-6-15(17)23-13/h2,5-6,8,11H,1,3-4,7,9-10H2,(H,18,19). The zero-order chi connectivity index (χ0) is 16.2. The Morgan fingerprint density at radius 2 is 2.35 bits per heavy atom. The highest BCUT2D eigenvalue weighted by atomic mass is 35.5. The number of aryl methyl sites for hydroxylation is 2. The average Bonchev–Trinajstić information content (AvgIpc) is 3.10. The van der Waals surface area contributed by atoms with E-state index in [2.05, 4.69) is 28.9 Å². The van der Waals surface area contributed by atoms with Crippen molar-refractivity contribution in [2.45, 2.75) is 18.8 Å². The number of carbonyl (C=O) groups excluding carboxylic acids is 1. The van der Waals surface area contributed by atoms with Crippen molar-refractivity contribution in [1.82, 2.24) is 15.1 Å². The first-order chi connectivity index (χ1) is 11.2. The molecule has 3 rings (SSSR count). The van der Waals surface area contributed by atoms with Gasteiger partial charge in [-0.05, 0) is 31.0 Å². The van der Waals surface area contributed by atoms with Gasteiger partial charge in [0.25, 0.3) is 0 Å². The zero-order valence-corrected chi connectivity index (χ0v) is 14.2. The lowest BCUT2D eigenvalue weighted by atomic mass is 9.96. The van der Waals surface area contributed by atoms with Gasteiger partial charge in [0.05, 0.1) is 10.0 Å². The van der Waals surface area contributed by atoms with Crippen molar-refractivity contribution in [1.29, 1.82) is 0 Å².